The molecule has 1 fully saturated rings. The highest BCUT2D eigenvalue weighted by Crippen LogP contribution is 2.30. The maximum Gasteiger partial charge on any atom is 0.146 e. The summed E-state index contributed by atoms with van der Waals surface area (Å²) in [6.45, 7) is 5.25. The molecular formula is C17H27FN2. The molecule has 2 rings (SSSR count). The lowest BCUT2D eigenvalue weighted by Crippen LogP contribution is -2.40. The van der Waals surface area contributed by atoms with E-state index < -0.39 is 0 Å². The standard InChI is InChI=1S/C17H27FN2/c1-4-7-15-8-5-6-11-20(15)17-10-9-14(12-16(17)18)13(2)19-3/h9-10,12-13,15,19H,4-8,11H2,1-3H3. The van der Waals surface area contributed by atoms with Gasteiger partial charge in [-0.2, -0.15) is 0 Å². The van der Waals surface area contributed by atoms with Gasteiger partial charge in [-0.15, -0.1) is 0 Å². The zero-order valence-corrected chi connectivity index (χ0v) is 13.0. The highest BCUT2D eigenvalue weighted by molar-refractivity contribution is 5.51. The summed E-state index contributed by atoms with van der Waals surface area (Å²) in [6, 6.07) is 6.40. The fourth-order valence-electron chi connectivity index (χ4n) is 3.14. The lowest BCUT2D eigenvalue weighted by molar-refractivity contribution is 0.428. The van der Waals surface area contributed by atoms with Gasteiger partial charge in [0.15, 0.2) is 0 Å². The molecule has 1 aliphatic rings. The average Bonchev–Trinajstić information content (AvgIpc) is 2.47. The first-order valence-electron chi connectivity index (χ1n) is 7.90. The molecule has 0 saturated carbocycles. The van der Waals surface area contributed by atoms with Gasteiger partial charge in [0, 0.05) is 18.6 Å². The Morgan fingerprint density at radius 1 is 1.40 bits per heavy atom. The topological polar surface area (TPSA) is 15.3 Å². The number of nitrogens with one attached hydrogen (secondary N) is 1. The number of benzene rings is 1. The molecule has 112 valence electrons. The molecule has 1 saturated heterocycles. The van der Waals surface area contributed by atoms with E-state index in [1.807, 2.05) is 13.1 Å². The average molecular weight is 278 g/mol. The molecule has 20 heavy (non-hydrogen) atoms. The van der Waals surface area contributed by atoms with E-state index in [4.69, 9.17) is 0 Å². The molecule has 1 aliphatic heterocycles. The van der Waals surface area contributed by atoms with Crippen molar-refractivity contribution < 1.29 is 4.39 Å². The van der Waals surface area contributed by atoms with Crippen LogP contribution in [0.5, 0.6) is 0 Å². The summed E-state index contributed by atoms with van der Waals surface area (Å²) in [5, 5.41) is 3.16. The molecule has 2 nitrogen and oxygen atoms in total. The van der Waals surface area contributed by atoms with Gasteiger partial charge in [0.25, 0.3) is 0 Å². The Balaban J connectivity index is 2.22. The quantitative estimate of drug-likeness (QED) is 0.865. The number of rotatable bonds is 5. The van der Waals surface area contributed by atoms with Crippen molar-refractivity contribution in [2.45, 2.75) is 58.0 Å². The zero-order chi connectivity index (χ0) is 14.5. The Morgan fingerprint density at radius 2 is 2.20 bits per heavy atom. The van der Waals surface area contributed by atoms with Gasteiger partial charge in [0.05, 0.1) is 5.69 Å². The second-order valence-corrected chi connectivity index (χ2v) is 5.85. The molecule has 2 atom stereocenters. The van der Waals surface area contributed by atoms with E-state index in [1.165, 1.54) is 19.3 Å². The summed E-state index contributed by atoms with van der Waals surface area (Å²) in [5.41, 5.74) is 1.80. The number of nitrogens with zero attached hydrogens (tertiary/aromatic N) is 1. The van der Waals surface area contributed by atoms with Crippen LogP contribution in [-0.2, 0) is 0 Å². The summed E-state index contributed by atoms with van der Waals surface area (Å²) in [7, 11) is 1.90. The van der Waals surface area contributed by atoms with Gasteiger partial charge >= 0.3 is 0 Å². The molecule has 3 heteroatoms. The monoisotopic (exact) mass is 278 g/mol. The van der Waals surface area contributed by atoms with Crippen molar-refractivity contribution in [3.05, 3.63) is 29.6 Å². The van der Waals surface area contributed by atoms with Gasteiger partial charge in [0.1, 0.15) is 5.82 Å². The predicted molar refractivity (Wildman–Crippen MR) is 83.8 cm³/mol. The minimum absolute atomic E-state index is 0.0763. The summed E-state index contributed by atoms with van der Waals surface area (Å²) in [5.74, 6) is -0.0763. The SMILES string of the molecule is CCCC1CCCCN1c1ccc(C(C)NC)cc1F. The van der Waals surface area contributed by atoms with Gasteiger partial charge in [0.2, 0.25) is 0 Å². The second-order valence-electron chi connectivity index (χ2n) is 5.85. The smallest absolute Gasteiger partial charge is 0.146 e. The van der Waals surface area contributed by atoms with Crippen molar-refractivity contribution in [3.63, 3.8) is 0 Å². The number of piperidine rings is 1. The van der Waals surface area contributed by atoms with Crippen LogP contribution < -0.4 is 10.2 Å². The zero-order valence-electron chi connectivity index (χ0n) is 13.0. The van der Waals surface area contributed by atoms with E-state index in [0.29, 0.717) is 6.04 Å². The summed E-state index contributed by atoms with van der Waals surface area (Å²) in [6.07, 6.45) is 5.97. The van der Waals surface area contributed by atoms with E-state index in [0.717, 1.165) is 30.6 Å². The van der Waals surface area contributed by atoms with Crippen LogP contribution in [0.4, 0.5) is 10.1 Å². The van der Waals surface area contributed by atoms with Gasteiger partial charge < -0.3 is 10.2 Å². The lowest BCUT2D eigenvalue weighted by Gasteiger charge is -2.38. The van der Waals surface area contributed by atoms with Crippen molar-refractivity contribution in [2.75, 3.05) is 18.5 Å². The van der Waals surface area contributed by atoms with Crippen LogP contribution in [0.1, 0.15) is 57.6 Å². The third-order valence-electron chi connectivity index (χ3n) is 4.46. The Kier molecular flexibility index (Phi) is 5.41. The van der Waals surface area contributed by atoms with Crippen LogP contribution in [0.25, 0.3) is 0 Å². The Bertz CT molecular complexity index is 431. The molecule has 1 heterocycles. The van der Waals surface area contributed by atoms with Gasteiger partial charge in [-0.05, 0) is 57.4 Å². The highest BCUT2D eigenvalue weighted by atomic mass is 19.1. The molecule has 0 amide bonds. The molecule has 1 aromatic carbocycles. The van der Waals surface area contributed by atoms with Gasteiger partial charge in [-0.3, -0.25) is 0 Å². The second kappa shape index (κ2) is 7.07. The van der Waals surface area contributed by atoms with Crippen LogP contribution in [0.3, 0.4) is 0 Å². The van der Waals surface area contributed by atoms with Crippen molar-refractivity contribution in [1.82, 2.24) is 5.32 Å². The van der Waals surface area contributed by atoms with E-state index in [2.05, 4.69) is 30.1 Å². The Morgan fingerprint density at radius 3 is 2.85 bits per heavy atom. The van der Waals surface area contributed by atoms with Crippen LogP contribution >= 0.6 is 0 Å². The fourth-order valence-corrected chi connectivity index (χ4v) is 3.14. The Labute approximate surface area is 122 Å². The van der Waals surface area contributed by atoms with E-state index in [1.54, 1.807) is 6.07 Å². The third kappa shape index (κ3) is 3.32. The maximum atomic E-state index is 14.5. The van der Waals surface area contributed by atoms with Gasteiger partial charge in [-0.25, -0.2) is 4.39 Å². The van der Waals surface area contributed by atoms with E-state index in [9.17, 15) is 4.39 Å². The first kappa shape index (κ1) is 15.3. The minimum atomic E-state index is -0.0763. The first-order chi connectivity index (χ1) is 9.67. The highest BCUT2D eigenvalue weighted by Gasteiger charge is 2.24. The minimum Gasteiger partial charge on any atom is -0.366 e. The van der Waals surface area contributed by atoms with Crippen molar-refractivity contribution >= 4 is 5.69 Å². The molecule has 0 radical (unpaired) electrons. The molecule has 0 aliphatic carbocycles. The van der Waals surface area contributed by atoms with Crippen molar-refractivity contribution in [2.24, 2.45) is 0 Å². The number of anilines is 1. The first-order valence-corrected chi connectivity index (χ1v) is 7.90. The number of halogens is 1. The van der Waals surface area contributed by atoms with Crippen LogP contribution in [0, 0.1) is 5.82 Å². The maximum absolute atomic E-state index is 14.5. The van der Waals surface area contributed by atoms with E-state index in [-0.39, 0.29) is 11.9 Å². The molecule has 2 unspecified atom stereocenters. The van der Waals surface area contributed by atoms with Crippen LogP contribution in [0.15, 0.2) is 18.2 Å². The predicted octanol–water partition coefficient (Wildman–Crippen LogP) is 4.27. The largest absolute Gasteiger partial charge is 0.366 e. The molecule has 0 spiro atoms. The van der Waals surface area contributed by atoms with E-state index >= 15 is 0 Å². The fraction of sp³-hybridized carbons (Fsp3) is 0.647. The number of hydrogen-bond donors (Lipinski definition) is 1. The van der Waals surface area contributed by atoms with Crippen LogP contribution in [-0.4, -0.2) is 19.6 Å². The summed E-state index contributed by atoms with van der Waals surface area (Å²) >= 11 is 0. The van der Waals surface area contributed by atoms with Crippen LogP contribution in [0.2, 0.25) is 0 Å². The molecule has 0 bridgehead atoms. The van der Waals surface area contributed by atoms with Crippen molar-refractivity contribution in [1.29, 1.82) is 0 Å². The Hall–Kier alpha value is -1.09. The van der Waals surface area contributed by atoms with Crippen molar-refractivity contribution in [3.8, 4) is 0 Å². The summed E-state index contributed by atoms with van der Waals surface area (Å²) in [4.78, 5) is 2.29. The molecular weight excluding hydrogens is 251 g/mol. The summed E-state index contributed by atoms with van der Waals surface area (Å²) < 4.78 is 14.5. The molecule has 0 aromatic heterocycles. The third-order valence-corrected chi connectivity index (χ3v) is 4.46. The van der Waals surface area contributed by atoms with Gasteiger partial charge in [-0.1, -0.05) is 19.4 Å². The lowest BCUT2D eigenvalue weighted by atomic mass is 9.97. The molecule has 1 aromatic rings. The molecule has 1 N–H and O–H groups in total. The number of hydrogen-bond acceptors (Lipinski definition) is 2. The normalized spacial score (nSPS) is 21.0.